The third kappa shape index (κ3) is 2.51. The Labute approximate surface area is 134 Å². The fraction of sp³-hybridized carbons (Fsp3) is 0.353. The molecule has 3 aromatic rings. The summed E-state index contributed by atoms with van der Waals surface area (Å²) >= 11 is 1.55. The summed E-state index contributed by atoms with van der Waals surface area (Å²) in [5, 5.41) is 15.0. The van der Waals surface area contributed by atoms with E-state index in [0.29, 0.717) is 11.6 Å². The summed E-state index contributed by atoms with van der Waals surface area (Å²) in [6, 6.07) is 10.6. The summed E-state index contributed by atoms with van der Waals surface area (Å²) in [6.07, 6.45) is 2.20. The predicted octanol–water partition coefficient (Wildman–Crippen LogP) is 4.41. The van der Waals surface area contributed by atoms with Gasteiger partial charge in [-0.15, -0.1) is 0 Å². The Morgan fingerprint density at radius 3 is 2.59 bits per heavy atom. The zero-order valence-corrected chi connectivity index (χ0v) is 13.8. The molecule has 5 heteroatoms. The quantitative estimate of drug-likeness (QED) is 0.717. The van der Waals surface area contributed by atoms with E-state index in [2.05, 4.69) is 49.1 Å². The lowest BCUT2D eigenvalue weighted by molar-refractivity contribution is 0.798. The van der Waals surface area contributed by atoms with Crippen LogP contribution in [0.25, 0.3) is 16.2 Å². The van der Waals surface area contributed by atoms with Crippen molar-refractivity contribution >= 4 is 16.3 Å². The smallest absolute Gasteiger partial charge is 0.214 e. The predicted molar refractivity (Wildman–Crippen MR) is 89.1 cm³/mol. The third-order valence-corrected chi connectivity index (χ3v) is 4.79. The minimum Gasteiger partial charge on any atom is -0.216 e. The molecule has 2 heterocycles. The van der Waals surface area contributed by atoms with Gasteiger partial charge in [0, 0.05) is 11.5 Å². The molecule has 0 unspecified atom stereocenters. The molecule has 4 nitrogen and oxygen atoms in total. The Morgan fingerprint density at radius 1 is 1.27 bits per heavy atom. The molecule has 0 spiro atoms. The summed E-state index contributed by atoms with van der Waals surface area (Å²) in [4.78, 5) is 5.41. The largest absolute Gasteiger partial charge is 0.216 e. The monoisotopic (exact) mass is 310 g/mol. The zero-order chi connectivity index (χ0) is 15.7. The van der Waals surface area contributed by atoms with Crippen LogP contribution in [0.3, 0.4) is 0 Å². The Kier molecular flexibility index (Phi) is 3.95. The number of fused-ring (bicyclic) bond motifs is 1. The summed E-state index contributed by atoms with van der Waals surface area (Å²) in [5.74, 6) is 0.343. The maximum atomic E-state index is 9.51. The number of aryl methyl sites for hydroxylation is 1. The number of imidazole rings is 1. The second-order valence-electron chi connectivity index (χ2n) is 5.66. The molecule has 0 amide bonds. The number of hydrogen-bond acceptors (Lipinski definition) is 4. The standard InChI is InChI=1S/C17H18N4S/c1-4-5-12-6-8-13(9-7-12)15-14(10-18)21-17(19-15)22-16(20-21)11(2)3/h6-9,11H,4-5H2,1-3H3. The van der Waals surface area contributed by atoms with E-state index < -0.39 is 0 Å². The van der Waals surface area contributed by atoms with E-state index >= 15 is 0 Å². The number of nitriles is 1. The molecule has 112 valence electrons. The first-order chi connectivity index (χ1) is 10.6. The summed E-state index contributed by atoms with van der Waals surface area (Å²) in [7, 11) is 0. The van der Waals surface area contributed by atoms with Gasteiger partial charge in [-0.2, -0.15) is 14.9 Å². The van der Waals surface area contributed by atoms with Crippen LogP contribution in [0.4, 0.5) is 0 Å². The van der Waals surface area contributed by atoms with Crippen LogP contribution in [0.5, 0.6) is 0 Å². The highest BCUT2D eigenvalue weighted by atomic mass is 32.1. The van der Waals surface area contributed by atoms with Gasteiger partial charge >= 0.3 is 0 Å². The van der Waals surface area contributed by atoms with Gasteiger partial charge in [0.1, 0.15) is 16.8 Å². The first-order valence-electron chi connectivity index (χ1n) is 7.53. The van der Waals surface area contributed by atoms with E-state index in [-0.39, 0.29) is 0 Å². The van der Waals surface area contributed by atoms with Gasteiger partial charge in [-0.1, -0.05) is 62.8 Å². The lowest BCUT2D eigenvalue weighted by Crippen LogP contribution is -1.94. The van der Waals surface area contributed by atoms with Crippen molar-refractivity contribution in [3.63, 3.8) is 0 Å². The molecule has 0 radical (unpaired) electrons. The van der Waals surface area contributed by atoms with E-state index in [1.807, 2.05) is 12.1 Å². The lowest BCUT2D eigenvalue weighted by atomic mass is 10.1. The molecule has 1 aromatic carbocycles. The Bertz CT molecular complexity index is 834. The SMILES string of the molecule is CCCc1ccc(-c2nc3sc(C(C)C)nn3c2C#N)cc1. The lowest BCUT2D eigenvalue weighted by Gasteiger charge is -2.01. The van der Waals surface area contributed by atoms with Crippen molar-refractivity contribution in [1.82, 2.24) is 14.6 Å². The highest BCUT2D eigenvalue weighted by molar-refractivity contribution is 7.16. The van der Waals surface area contributed by atoms with Gasteiger partial charge in [-0.3, -0.25) is 0 Å². The first-order valence-corrected chi connectivity index (χ1v) is 8.34. The van der Waals surface area contributed by atoms with Gasteiger partial charge in [0.2, 0.25) is 4.96 Å². The van der Waals surface area contributed by atoms with Crippen LogP contribution in [0, 0.1) is 11.3 Å². The van der Waals surface area contributed by atoms with Crippen LogP contribution in [0.15, 0.2) is 24.3 Å². The second kappa shape index (κ2) is 5.90. The third-order valence-electron chi connectivity index (χ3n) is 3.59. The summed E-state index contributed by atoms with van der Waals surface area (Å²) in [5.41, 5.74) is 3.52. The average molecular weight is 310 g/mol. The van der Waals surface area contributed by atoms with Crippen molar-refractivity contribution in [2.75, 3.05) is 0 Å². The maximum absolute atomic E-state index is 9.51. The number of benzene rings is 1. The highest BCUT2D eigenvalue weighted by Crippen LogP contribution is 2.29. The summed E-state index contributed by atoms with van der Waals surface area (Å²) in [6.45, 7) is 6.36. The minimum absolute atomic E-state index is 0.343. The van der Waals surface area contributed by atoms with E-state index in [9.17, 15) is 5.26 Å². The molecule has 0 aliphatic heterocycles. The van der Waals surface area contributed by atoms with Gasteiger partial charge in [0.15, 0.2) is 5.69 Å². The molecular formula is C17H18N4S. The molecule has 0 aliphatic carbocycles. The molecule has 0 bridgehead atoms. The molecular weight excluding hydrogens is 292 g/mol. The van der Waals surface area contributed by atoms with Crippen molar-refractivity contribution < 1.29 is 0 Å². The molecule has 3 rings (SSSR count). The van der Waals surface area contributed by atoms with Gasteiger partial charge in [0.05, 0.1) is 0 Å². The average Bonchev–Trinajstić information content (AvgIpc) is 3.05. The molecule has 0 saturated carbocycles. The van der Waals surface area contributed by atoms with Crippen LogP contribution < -0.4 is 0 Å². The van der Waals surface area contributed by atoms with Gasteiger partial charge in [-0.25, -0.2) is 4.98 Å². The molecule has 0 saturated heterocycles. The van der Waals surface area contributed by atoms with Gasteiger partial charge < -0.3 is 0 Å². The Balaban J connectivity index is 2.07. The van der Waals surface area contributed by atoms with Crippen LogP contribution in [-0.4, -0.2) is 14.6 Å². The van der Waals surface area contributed by atoms with E-state index in [1.54, 1.807) is 15.9 Å². The van der Waals surface area contributed by atoms with E-state index in [4.69, 9.17) is 0 Å². The number of hydrogen-bond donors (Lipinski definition) is 0. The van der Waals surface area contributed by atoms with E-state index in [0.717, 1.165) is 34.1 Å². The molecule has 2 aromatic heterocycles. The number of rotatable bonds is 4. The number of aromatic nitrogens is 3. The molecule has 0 atom stereocenters. The Morgan fingerprint density at radius 2 is 2.00 bits per heavy atom. The van der Waals surface area contributed by atoms with E-state index in [1.165, 1.54) is 5.56 Å². The van der Waals surface area contributed by atoms with Gasteiger partial charge in [0.25, 0.3) is 0 Å². The second-order valence-corrected chi connectivity index (χ2v) is 6.64. The van der Waals surface area contributed by atoms with Gasteiger partial charge in [-0.05, 0) is 12.0 Å². The van der Waals surface area contributed by atoms with Crippen molar-refractivity contribution in [2.45, 2.75) is 39.5 Å². The van der Waals surface area contributed by atoms with Crippen LogP contribution in [0.1, 0.15) is 49.4 Å². The molecule has 0 aliphatic rings. The molecule has 22 heavy (non-hydrogen) atoms. The van der Waals surface area contributed by atoms with Crippen LogP contribution >= 0.6 is 11.3 Å². The first kappa shape index (κ1) is 14.7. The zero-order valence-electron chi connectivity index (χ0n) is 13.0. The topological polar surface area (TPSA) is 54.0 Å². The van der Waals surface area contributed by atoms with Crippen molar-refractivity contribution in [3.05, 3.63) is 40.5 Å². The van der Waals surface area contributed by atoms with Crippen molar-refractivity contribution in [1.29, 1.82) is 5.26 Å². The summed E-state index contributed by atoms with van der Waals surface area (Å²) < 4.78 is 1.68. The van der Waals surface area contributed by atoms with Crippen LogP contribution in [0.2, 0.25) is 0 Å². The fourth-order valence-electron chi connectivity index (χ4n) is 2.42. The number of nitrogens with zero attached hydrogens (tertiary/aromatic N) is 4. The maximum Gasteiger partial charge on any atom is 0.214 e. The normalized spacial score (nSPS) is 11.2. The van der Waals surface area contributed by atoms with Crippen LogP contribution in [-0.2, 0) is 6.42 Å². The highest BCUT2D eigenvalue weighted by Gasteiger charge is 2.18. The minimum atomic E-state index is 0.343. The fourth-order valence-corrected chi connectivity index (χ4v) is 3.32. The molecule has 0 fully saturated rings. The molecule has 0 N–H and O–H groups in total. The van der Waals surface area contributed by atoms with Crippen molar-refractivity contribution in [2.24, 2.45) is 0 Å². The Hall–Kier alpha value is -2.19. The van der Waals surface area contributed by atoms with Crippen molar-refractivity contribution in [3.8, 4) is 17.3 Å².